The first kappa shape index (κ1) is 15.2. The minimum atomic E-state index is -1.27. The van der Waals surface area contributed by atoms with Gasteiger partial charge >= 0.3 is 0 Å². The van der Waals surface area contributed by atoms with Gasteiger partial charge in [-0.15, -0.1) is 0 Å². The Kier molecular flexibility index (Phi) is 4.97. The van der Waals surface area contributed by atoms with E-state index < -0.39 is 16.5 Å². The summed E-state index contributed by atoms with van der Waals surface area (Å²) >= 11 is 0. The highest BCUT2D eigenvalue weighted by atomic mass is 28.4. The largest absolute Gasteiger partial charge is 0.336 e. The third-order valence-corrected chi connectivity index (χ3v) is 10.4. The summed E-state index contributed by atoms with van der Waals surface area (Å²) in [4.78, 5) is 0. The van der Waals surface area contributed by atoms with Crippen molar-refractivity contribution in [1.82, 2.24) is 4.23 Å². The molecule has 0 saturated carbocycles. The molecule has 0 aliphatic heterocycles. The Labute approximate surface area is 114 Å². The van der Waals surface area contributed by atoms with E-state index in [9.17, 15) is 0 Å². The van der Waals surface area contributed by atoms with E-state index >= 15 is 0 Å². The van der Waals surface area contributed by atoms with E-state index in [0.717, 1.165) is 12.1 Å². The monoisotopic (exact) mass is 275 g/mol. The molecule has 0 radical (unpaired) electrons. The Balaban J connectivity index is 2.79. The van der Waals surface area contributed by atoms with Crippen molar-refractivity contribution in [1.29, 1.82) is 0 Å². The molecule has 0 aliphatic carbocycles. The van der Waals surface area contributed by atoms with E-state index in [1.165, 1.54) is 0 Å². The molecule has 18 heavy (non-hydrogen) atoms. The van der Waals surface area contributed by atoms with Gasteiger partial charge in [0.2, 0.25) is 0 Å². The second-order valence-corrected chi connectivity index (χ2v) is 16.8. The molecule has 1 aromatic rings. The van der Waals surface area contributed by atoms with Crippen LogP contribution < -0.4 is 0 Å². The molecule has 0 amide bonds. The van der Waals surface area contributed by atoms with Crippen LogP contribution in [0.1, 0.15) is 5.56 Å². The normalized spacial score (nSPS) is 12.2. The van der Waals surface area contributed by atoms with E-state index in [1.807, 2.05) is 18.2 Å². The van der Waals surface area contributed by atoms with Crippen LogP contribution in [0.3, 0.4) is 0 Å². The zero-order valence-electron chi connectivity index (χ0n) is 12.5. The van der Waals surface area contributed by atoms with Crippen LogP contribution in [0.25, 0.3) is 0 Å². The molecule has 0 N–H and O–H groups in total. The van der Waals surface area contributed by atoms with E-state index in [4.69, 9.17) is 0 Å². The lowest BCUT2D eigenvalue weighted by atomic mass is 10.2. The predicted molar refractivity (Wildman–Crippen MR) is 86.7 cm³/mol. The Morgan fingerprint density at radius 3 is 1.83 bits per heavy atom. The van der Waals surface area contributed by atoms with Crippen molar-refractivity contribution in [3.05, 3.63) is 35.9 Å². The van der Waals surface area contributed by atoms with Crippen LogP contribution in [0.15, 0.2) is 30.3 Å². The molecule has 0 fully saturated rings. The standard InChI is InChI=1S/C15H25NSi2/c1-17(2,3)16(18(4,5)6)14-10-13-15-11-8-7-9-12-15/h7-9,11-12H,14H2,1-6H3. The van der Waals surface area contributed by atoms with Gasteiger partial charge in [0.15, 0.2) is 0 Å². The van der Waals surface area contributed by atoms with Crippen molar-refractivity contribution in [3.8, 4) is 11.8 Å². The van der Waals surface area contributed by atoms with Crippen LogP contribution in [0.5, 0.6) is 0 Å². The number of hydrogen-bond acceptors (Lipinski definition) is 1. The summed E-state index contributed by atoms with van der Waals surface area (Å²) in [5.74, 6) is 6.63. The molecule has 0 bridgehead atoms. The smallest absolute Gasteiger partial charge is 0.113 e. The fourth-order valence-electron chi connectivity index (χ4n) is 2.22. The van der Waals surface area contributed by atoms with Gasteiger partial charge in [-0.25, -0.2) is 0 Å². The van der Waals surface area contributed by atoms with Gasteiger partial charge in [-0.05, 0) is 12.1 Å². The molecular formula is C15H25NSi2. The molecule has 0 aromatic heterocycles. The molecule has 1 rings (SSSR count). The van der Waals surface area contributed by atoms with Crippen LogP contribution in [-0.4, -0.2) is 27.2 Å². The summed E-state index contributed by atoms with van der Waals surface area (Å²) in [6, 6.07) is 10.2. The summed E-state index contributed by atoms with van der Waals surface area (Å²) in [5, 5.41) is 0. The van der Waals surface area contributed by atoms with E-state index in [0.29, 0.717) is 0 Å². The zero-order chi connectivity index (χ0) is 13.8. The van der Waals surface area contributed by atoms with Crippen molar-refractivity contribution in [3.63, 3.8) is 0 Å². The van der Waals surface area contributed by atoms with Crippen LogP contribution >= 0.6 is 0 Å². The fourth-order valence-corrected chi connectivity index (χ4v) is 11.4. The van der Waals surface area contributed by atoms with E-state index in [1.54, 1.807) is 0 Å². The maximum Gasteiger partial charge on any atom is 0.113 e. The maximum atomic E-state index is 3.36. The molecule has 0 atom stereocenters. The lowest BCUT2D eigenvalue weighted by molar-refractivity contribution is 0.699. The highest BCUT2D eigenvalue weighted by molar-refractivity contribution is 6.89. The molecule has 0 spiro atoms. The maximum absolute atomic E-state index is 3.36. The third-order valence-electron chi connectivity index (χ3n) is 2.86. The van der Waals surface area contributed by atoms with Crippen molar-refractivity contribution in [2.24, 2.45) is 0 Å². The molecule has 3 heteroatoms. The Bertz CT molecular complexity index is 416. The van der Waals surface area contributed by atoms with Gasteiger partial charge in [0.25, 0.3) is 0 Å². The second kappa shape index (κ2) is 5.88. The second-order valence-electron chi connectivity index (χ2n) is 6.60. The Morgan fingerprint density at radius 2 is 1.39 bits per heavy atom. The molecule has 1 nitrogen and oxygen atoms in total. The van der Waals surface area contributed by atoms with Crippen molar-refractivity contribution >= 4 is 16.5 Å². The number of benzene rings is 1. The number of hydrogen-bond donors (Lipinski definition) is 0. The number of rotatable bonds is 3. The van der Waals surface area contributed by atoms with E-state index in [-0.39, 0.29) is 0 Å². The van der Waals surface area contributed by atoms with E-state index in [2.05, 4.69) is 67.5 Å². The molecule has 98 valence electrons. The topological polar surface area (TPSA) is 3.24 Å². The lowest BCUT2D eigenvalue weighted by Gasteiger charge is -2.42. The highest BCUT2D eigenvalue weighted by Crippen LogP contribution is 2.18. The Morgan fingerprint density at radius 1 is 0.889 bits per heavy atom. The summed E-state index contributed by atoms with van der Waals surface area (Å²) in [7, 11) is -2.54. The van der Waals surface area contributed by atoms with Gasteiger partial charge in [-0.2, -0.15) is 0 Å². The van der Waals surface area contributed by atoms with Gasteiger partial charge in [0.1, 0.15) is 16.5 Å². The first-order valence-corrected chi connectivity index (χ1v) is 13.4. The van der Waals surface area contributed by atoms with Crippen LogP contribution in [-0.2, 0) is 0 Å². The van der Waals surface area contributed by atoms with Crippen molar-refractivity contribution in [2.75, 3.05) is 6.54 Å². The van der Waals surface area contributed by atoms with Gasteiger partial charge in [0.05, 0.1) is 0 Å². The van der Waals surface area contributed by atoms with Crippen LogP contribution in [0.2, 0.25) is 39.3 Å². The molecule has 0 heterocycles. The van der Waals surface area contributed by atoms with Gasteiger partial charge in [0, 0.05) is 12.1 Å². The molecular weight excluding hydrogens is 250 g/mol. The molecule has 0 saturated heterocycles. The van der Waals surface area contributed by atoms with Crippen molar-refractivity contribution in [2.45, 2.75) is 39.3 Å². The SMILES string of the molecule is C[Si](C)(C)N(CC#Cc1ccccc1)[Si](C)(C)C. The molecule has 0 aliphatic rings. The quantitative estimate of drug-likeness (QED) is 0.595. The van der Waals surface area contributed by atoms with Crippen LogP contribution in [0, 0.1) is 11.8 Å². The van der Waals surface area contributed by atoms with Crippen molar-refractivity contribution < 1.29 is 0 Å². The van der Waals surface area contributed by atoms with Crippen LogP contribution in [0.4, 0.5) is 0 Å². The zero-order valence-corrected chi connectivity index (χ0v) is 14.5. The number of nitrogens with zero attached hydrogens (tertiary/aromatic N) is 1. The molecule has 1 aromatic carbocycles. The Hall–Kier alpha value is -0.826. The van der Waals surface area contributed by atoms with Gasteiger partial charge in [-0.1, -0.05) is 69.3 Å². The van der Waals surface area contributed by atoms with Gasteiger partial charge in [-0.3, -0.25) is 0 Å². The lowest BCUT2D eigenvalue weighted by Crippen LogP contribution is -2.59. The summed E-state index contributed by atoms with van der Waals surface area (Å²) < 4.78 is 2.70. The fraction of sp³-hybridized carbons (Fsp3) is 0.467. The van der Waals surface area contributed by atoms with Gasteiger partial charge < -0.3 is 4.23 Å². The average molecular weight is 276 g/mol. The first-order valence-electron chi connectivity index (χ1n) is 6.53. The summed E-state index contributed by atoms with van der Waals surface area (Å²) in [5.41, 5.74) is 1.11. The summed E-state index contributed by atoms with van der Waals surface area (Å²) in [6.45, 7) is 15.4. The molecule has 0 unspecified atom stereocenters. The minimum absolute atomic E-state index is 0.917. The first-order chi connectivity index (χ1) is 8.21. The average Bonchev–Trinajstić information content (AvgIpc) is 2.22. The summed E-state index contributed by atoms with van der Waals surface area (Å²) in [6.07, 6.45) is 0. The third kappa shape index (κ3) is 4.81. The minimum Gasteiger partial charge on any atom is -0.336 e. The predicted octanol–water partition coefficient (Wildman–Crippen LogP) is 4.01. The highest BCUT2D eigenvalue weighted by Gasteiger charge is 2.33.